The highest BCUT2D eigenvalue weighted by Crippen LogP contribution is 2.43. The third-order valence-corrected chi connectivity index (χ3v) is 13.8. The summed E-state index contributed by atoms with van der Waals surface area (Å²) in [6, 6.07) is 0. The van der Waals surface area contributed by atoms with Crippen LogP contribution in [0.15, 0.2) is 122 Å². The molecule has 0 bridgehead atoms. The van der Waals surface area contributed by atoms with Crippen LogP contribution in [0.25, 0.3) is 0 Å². The summed E-state index contributed by atoms with van der Waals surface area (Å²) in [6.07, 6.45) is 85.5. The van der Waals surface area contributed by atoms with Crippen molar-refractivity contribution >= 4 is 19.8 Å². The second-order valence-electron chi connectivity index (χ2n) is 20.2. The van der Waals surface area contributed by atoms with Crippen LogP contribution in [0.1, 0.15) is 258 Å². The predicted octanol–water partition coefficient (Wildman–Crippen LogP) is 20.0. The number of ether oxygens (including phenoxy) is 2. The standard InChI is InChI=1S/C67H114NO8P/c1-3-5-7-9-11-13-15-17-19-21-22-23-24-25-26-27-28-29-30-31-32-33-34-35-36-37-38-39-40-41-42-44-46-48-50-52-54-56-58-60-67(70)76-65(64-75-77(71,72)74-62-61-68)63-73-66(69)59-57-55-53-51-49-47-45-43-20-18-16-14-12-10-8-6-4-2/h5,7,11-14,17-20,22-23,25-26,28-29,31-32,34-35,65H,3-4,6,8-10,15-16,21,24,27,30,33,36-64,68H2,1-2H3,(H,71,72)/b7-5-,13-11-,14-12-,19-17-,20-18-,23-22-,26-25-,29-28-,32-31-,35-34-. The molecule has 0 saturated heterocycles. The Morgan fingerprint density at radius 3 is 1.06 bits per heavy atom. The number of carbonyl (C=O) groups excluding carboxylic acids is 2. The summed E-state index contributed by atoms with van der Waals surface area (Å²) < 4.78 is 33.0. The monoisotopic (exact) mass is 1090 g/mol. The second-order valence-corrected chi connectivity index (χ2v) is 21.6. The van der Waals surface area contributed by atoms with Gasteiger partial charge in [-0.15, -0.1) is 0 Å². The molecule has 0 amide bonds. The minimum Gasteiger partial charge on any atom is -0.462 e. The van der Waals surface area contributed by atoms with Gasteiger partial charge in [0, 0.05) is 19.4 Å². The van der Waals surface area contributed by atoms with Gasteiger partial charge >= 0.3 is 19.8 Å². The predicted molar refractivity (Wildman–Crippen MR) is 330 cm³/mol. The van der Waals surface area contributed by atoms with Crippen LogP contribution in [0.5, 0.6) is 0 Å². The third-order valence-electron chi connectivity index (χ3n) is 12.8. The van der Waals surface area contributed by atoms with Gasteiger partial charge < -0.3 is 20.1 Å². The van der Waals surface area contributed by atoms with E-state index in [1.54, 1.807) is 0 Å². The van der Waals surface area contributed by atoms with Crippen molar-refractivity contribution in [3.8, 4) is 0 Å². The van der Waals surface area contributed by atoms with Gasteiger partial charge in [-0.25, -0.2) is 4.57 Å². The first-order chi connectivity index (χ1) is 37.8. The molecule has 0 aliphatic rings. The summed E-state index contributed by atoms with van der Waals surface area (Å²) in [5.74, 6) is -0.838. The Labute approximate surface area is 472 Å². The molecule has 9 nitrogen and oxygen atoms in total. The molecule has 2 unspecified atom stereocenters. The van der Waals surface area contributed by atoms with Gasteiger partial charge in [0.05, 0.1) is 13.2 Å². The van der Waals surface area contributed by atoms with Crippen molar-refractivity contribution in [2.75, 3.05) is 26.4 Å². The largest absolute Gasteiger partial charge is 0.472 e. The van der Waals surface area contributed by atoms with Crippen molar-refractivity contribution in [3.05, 3.63) is 122 Å². The van der Waals surface area contributed by atoms with Gasteiger partial charge in [-0.3, -0.25) is 18.6 Å². The molecule has 0 aliphatic carbocycles. The topological polar surface area (TPSA) is 134 Å². The minimum absolute atomic E-state index is 0.0479. The van der Waals surface area contributed by atoms with E-state index in [1.807, 2.05) is 0 Å². The van der Waals surface area contributed by atoms with Crippen molar-refractivity contribution in [1.82, 2.24) is 0 Å². The number of esters is 2. The van der Waals surface area contributed by atoms with E-state index in [-0.39, 0.29) is 32.6 Å². The second kappa shape index (κ2) is 61.6. The summed E-state index contributed by atoms with van der Waals surface area (Å²) in [4.78, 5) is 35.2. The average Bonchev–Trinajstić information content (AvgIpc) is 3.42. The number of phosphoric acid groups is 1. The fourth-order valence-corrected chi connectivity index (χ4v) is 9.04. The van der Waals surface area contributed by atoms with Crippen molar-refractivity contribution in [1.29, 1.82) is 0 Å². The molecular weight excluding hydrogens is 978 g/mol. The van der Waals surface area contributed by atoms with Crippen molar-refractivity contribution in [2.45, 2.75) is 264 Å². The van der Waals surface area contributed by atoms with Crippen LogP contribution in [0.4, 0.5) is 0 Å². The zero-order valence-corrected chi connectivity index (χ0v) is 50.0. The zero-order chi connectivity index (χ0) is 55.9. The highest BCUT2D eigenvalue weighted by Gasteiger charge is 2.26. The first-order valence-corrected chi connectivity index (χ1v) is 32.5. The van der Waals surface area contributed by atoms with Gasteiger partial charge in [-0.2, -0.15) is 0 Å². The average molecular weight is 1090 g/mol. The number of carbonyl (C=O) groups is 2. The van der Waals surface area contributed by atoms with Crippen molar-refractivity contribution < 1.29 is 37.6 Å². The fourth-order valence-electron chi connectivity index (χ4n) is 8.27. The van der Waals surface area contributed by atoms with Crippen LogP contribution in [0, 0.1) is 0 Å². The molecule has 0 aromatic carbocycles. The normalized spacial score (nSPS) is 13.9. The lowest BCUT2D eigenvalue weighted by Crippen LogP contribution is -2.29. The summed E-state index contributed by atoms with van der Waals surface area (Å²) in [5.41, 5.74) is 5.38. The SMILES string of the molecule is CC/C=C\C/C=C\C/C=C\C/C=C\C/C=C\C/C=C\C/C=C\C/C=C\CCCCCCCCCCCCCCCCC(=O)OC(COC(=O)CCCCCCCCC/C=C\C/C=C\CCCCC)COP(=O)(O)OCCN. The molecule has 2 atom stereocenters. The van der Waals surface area contributed by atoms with E-state index in [4.69, 9.17) is 24.3 Å². The van der Waals surface area contributed by atoms with Gasteiger partial charge in [0.15, 0.2) is 6.10 Å². The van der Waals surface area contributed by atoms with Crippen LogP contribution in [-0.4, -0.2) is 49.3 Å². The number of phosphoric ester groups is 1. The van der Waals surface area contributed by atoms with Crippen LogP contribution in [0.3, 0.4) is 0 Å². The van der Waals surface area contributed by atoms with E-state index in [9.17, 15) is 19.0 Å². The molecule has 0 spiro atoms. The molecule has 0 aromatic heterocycles. The lowest BCUT2D eigenvalue weighted by Gasteiger charge is -2.19. The Kier molecular flexibility index (Phi) is 58.7. The van der Waals surface area contributed by atoms with Crippen LogP contribution in [0.2, 0.25) is 0 Å². The molecule has 0 heterocycles. The van der Waals surface area contributed by atoms with E-state index in [1.165, 1.54) is 116 Å². The molecule has 10 heteroatoms. The fraction of sp³-hybridized carbons (Fsp3) is 0.672. The summed E-state index contributed by atoms with van der Waals surface area (Å²) in [6.45, 7) is 3.60. The number of allylic oxidation sites excluding steroid dienone is 20. The number of hydrogen-bond donors (Lipinski definition) is 2. The molecule has 0 radical (unpaired) electrons. The van der Waals surface area contributed by atoms with Gasteiger partial charge in [-0.05, 0) is 109 Å². The van der Waals surface area contributed by atoms with E-state index >= 15 is 0 Å². The van der Waals surface area contributed by atoms with Crippen LogP contribution >= 0.6 is 7.82 Å². The summed E-state index contributed by atoms with van der Waals surface area (Å²) in [7, 11) is -4.40. The Balaban J connectivity index is 3.91. The number of nitrogens with two attached hydrogens (primary N) is 1. The Bertz CT molecular complexity index is 1670. The maximum absolute atomic E-state index is 12.7. The molecule has 0 aromatic rings. The van der Waals surface area contributed by atoms with Crippen molar-refractivity contribution in [2.24, 2.45) is 5.73 Å². The number of hydrogen-bond acceptors (Lipinski definition) is 8. The van der Waals surface area contributed by atoms with E-state index in [2.05, 4.69) is 135 Å². The Morgan fingerprint density at radius 1 is 0.403 bits per heavy atom. The van der Waals surface area contributed by atoms with Crippen LogP contribution in [-0.2, 0) is 32.7 Å². The van der Waals surface area contributed by atoms with E-state index in [0.717, 1.165) is 109 Å². The molecule has 0 saturated carbocycles. The maximum atomic E-state index is 12.7. The third kappa shape index (κ3) is 61.5. The quantitative estimate of drug-likeness (QED) is 0.0264. The lowest BCUT2D eigenvalue weighted by molar-refractivity contribution is -0.161. The zero-order valence-electron chi connectivity index (χ0n) is 49.2. The van der Waals surface area contributed by atoms with Gasteiger partial charge in [-0.1, -0.05) is 257 Å². The molecule has 0 aliphatic heterocycles. The first kappa shape index (κ1) is 73.4. The number of unbranched alkanes of at least 4 members (excludes halogenated alkanes) is 24. The lowest BCUT2D eigenvalue weighted by atomic mass is 10.0. The van der Waals surface area contributed by atoms with Crippen LogP contribution < -0.4 is 5.73 Å². The van der Waals surface area contributed by atoms with E-state index < -0.39 is 32.5 Å². The minimum atomic E-state index is -4.40. The molecule has 440 valence electrons. The van der Waals surface area contributed by atoms with Gasteiger partial charge in [0.25, 0.3) is 0 Å². The molecule has 3 N–H and O–H groups in total. The maximum Gasteiger partial charge on any atom is 0.472 e. The smallest absolute Gasteiger partial charge is 0.462 e. The molecule has 77 heavy (non-hydrogen) atoms. The first-order valence-electron chi connectivity index (χ1n) is 31.0. The molecule has 0 rings (SSSR count). The molecule has 0 fully saturated rings. The van der Waals surface area contributed by atoms with Gasteiger partial charge in [0.2, 0.25) is 0 Å². The molecular formula is C67H114NO8P. The Hall–Kier alpha value is -3.59. The van der Waals surface area contributed by atoms with Crippen molar-refractivity contribution in [3.63, 3.8) is 0 Å². The highest BCUT2D eigenvalue weighted by molar-refractivity contribution is 7.47. The van der Waals surface area contributed by atoms with Gasteiger partial charge in [0.1, 0.15) is 6.61 Å². The summed E-state index contributed by atoms with van der Waals surface area (Å²) in [5, 5.41) is 0. The summed E-state index contributed by atoms with van der Waals surface area (Å²) >= 11 is 0. The number of rotatable bonds is 57. The van der Waals surface area contributed by atoms with E-state index in [0.29, 0.717) is 6.42 Å². The highest BCUT2D eigenvalue weighted by atomic mass is 31.2. The Morgan fingerprint density at radius 2 is 0.714 bits per heavy atom.